The number of rotatable bonds is 3. The zero-order chi connectivity index (χ0) is 12.5. The molecule has 0 radical (unpaired) electrons. The summed E-state index contributed by atoms with van der Waals surface area (Å²) in [5.41, 5.74) is 8.47. The maximum Gasteiger partial charge on any atom is 0.299 e. The lowest BCUT2D eigenvalue weighted by molar-refractivity contribution is -0.197. The van der Waals surface area contributed by atoms with E-state index >= 15 is 0 Å². The minimum atomic E-state index is -2.01. The second-order valence-corrected chi connectivity index (χ2v) is 3.91. The lowest BCUT2D eigenvalue weighted by atomic mass is 10.2. The number of hydrogen-bond acceptors (Lipinski definition) is 6. The molecular weight excluding hydrogens is 224 g/mol. The van der Waals surface area contributed by atoms with E-state index in [9.17, 15) is 10.3 Å². The van der Waals surface area contributed by atoms with E-state index in [1.54, 1.807) is 24.3 Å². The van der Waals surface area contributed by atoms with Crippen molar-refractivity contribution in [3.63, 3.8) is 0 Å². The molecular formula is C10H16N4O3. The second-order valence-electron chi connectivity index (χ2n) is 3.91. The highest BCUT2D eigenvalue weighted by atomic mass is 17.0. The standard InChI is InChI=1S/C10H16N4O3/c1-2-7-17-14(16)9-6-4-3-5-8(9)12-10(11,15)13-14/h3-6,12-13,15H,2,7,11H2,1H3. The van der Waals surface area contributed by atoms with Crippen LogP contribution in [0.1, 0.15) is 13.3 Å². The summed E-state index contributed by atoms with van der Waals surface area (Å²) >= 11 is 0. The van der Waals surface area contributed by atoms with Crippen molar-refractivity contribution in [3.8, 4) is 0 Å². The van der Waals surface area contributed by atoms with E-state index in [4.69, 9.17) is 10.6 Å². The van der Waals surface area contributed by atoms with Crippen LogP contribution < -0.4 is 21.4 Å². The van der Waals surface area contributed by atoms with Crippen molar-refractivity contribution in [2.75, 3.05) is 11.9 Å². The fraction of sp³-hybridized carbons (Fsp3) is 0.400. The second kappa shape index (κ2) is 4.22. The maximum absolute atomic E-state index is 12.4. The Morgan fingerprint density at radius 2 is 2.24 bits per heavy atom. The lowest BCUT2D eigenvalue weighted by Crippen LogP contribution is -2.74. The van der Waals surface area contributed by atoms with E-state index in [0.717, 1.165) is 0 Å². The Hall–Kier alpha value is -1.22. The molecule has 1 heterocycles. The van der Waals surface area contributed by atoms with Gasteiger partial charge in [0.05, 0.1) is 0 Å². The molecule has 94 valence electrons. The highest BCUT2D eigenvalue weighted by Gasteiger charge is 2.42. The number of nitrogens with two attached hydrogens (primary N) is 1. The van der Waals surface area contributed by atoms with Crippen LogP contribution in [0.3, 0.4) is 0 Å². The lowest BCUT2D eigenvalue weighted by Gasteiger charge is -2.46. The Morgan fingerprint density at radius 3 is 2.94 bits per heavy atom. The first-order chi connectivity index (χ1) is 7.97. The average molecular weight is 240 g/mol. The van der Waals surface area contributed by atoms with E-state index in [0.29, 0.717) is 17.8 Å². The predicted molar refractivity (Wildman–Crippen MR) is 63.7 cm³/mol. The molecule has 2 unspecified atom stereocenters. The first-order valence-corrected chi connectivity index (χ1v) is 5.40. The SMILES string of the molecule is CCCO[N+]1([O-])NC(N)(O)Nc2ccccc21. The Labute approximate surface area is 98.9 Å². The molecule has 2 atom stereocenters. The largest absolute Gasteiger partial charge is 0.572 e. The number of nitrogens with zero attached hydrogens (tertiary/aromatic N) is 1. The highest BCUT2D eigenvalue weighted by molar-refractivity contribution is 5.69. The summed E-state index contributed by atoms with van der Waals surface area (Å²) in [5, 5.41) is 24.8. The molecule has 0 amide bonds. The monoisotopic (exact) mass is 240 g/mol. The van der Waals surface area contributed by atoms with Crippen LogP contribution in [0.2, 0.25) is 0 Å². The van der Waals surface area contributed by atoms with E-state index in [1.165, 1.54) is 0 Å². The minimum Gasteiger partial charge on any atom is -0.572 e. The first kappa shape index (κ1) is 12.2. The van der Waals surface area contributed by atoms with Crippen LogP contribution in [0.25, 0.3) is 0 Å². The summed E-state index contributed by atoms with van der Waals surface area (Å²) in [6.07, 6.45) is 0.683. The molecule has 1 aliphatic rings. The van der Waals surface area contributed by atoms with Gasteiger partial charge in [0.2, 0.25) is 5.69 Å². The van der Waals surface area contributed by atoms with Crippen LogP contribution in [-0.4, -0.2) is 17.7 Å². The third-order valence-electron chi connectivity index (χ3n) is 2.34. The number of anilines is 1. The van der Waals surface area contributed by atoms with E-state index in [-0.39, 0.29) is 6.61 Å². The van der Waals surface area contributed by atoms with Gasteiger partial charge in [-0.05, 0) is 12.5 Å². The fourth-order valence-electron chi connectivity index (χ4n) is 1.68. The van der Waals surface area contributed by atoms with Crippen LogP contribution in [0.4, 0.5) is 11.4 Å². The molecule has 1 aromatic rings. The van der Waals surface area contributed by atoms with E-state index in [2.05, 4.69) is 10.7 Å². The van der Waals surface area contributed by atoms with Gasteiger partial charge < -0.3 is 15.6 Å². The average Bonchev–Trinajstić information content (AvgIpc) is 2.25. The van der Waals surface area contributed by atoms with Gasteiger partial charge in [0.15, 0.2) is 0 Å². The molecule has 0 saturated heterocycles. The molecule has 0 spiro atoms. The highest BCUT2D eigenvalue weighted by Crippen LogP contribution is 2.34. The maximum atomic E-state index is 12.4. The van der Waals surface area contributed by atoms with E-state index in [1.807, 2.05) is 6.92 Å². The minimum absolute atomic E-state index is 0.251. The summed E-state index contributed by atoms with van der Waals surface area (Å²) in [6.45, 7) is 2.13. The smallest absolute Gasteiger partial charge is 0.299 e. The topological polar surface area (TPSA) is 103 Å². The fourth-order valence-corrected chi connectivity index (χ4v) is 1.68. The third-order valence-corrected chi connectivity index (χ3v) is 2.34. The molecule has 0 bridgehead atoms. The molecule has 0 saturated carbocycles. The number of fused-ring (bicyclic) bond motifs is 1. The predicted octanol–water partition coefficient (Wildman–Crippen LogP) is 0.326. The molecule has 1 aromatic carbocycles. The summed E-state index contributed by atoms with van der Waals surface area (Å²) in [4.78, 5) is 3.86. The molecule has 0 fully saturated rings. The third kappa shape index (κ3) is 2.39. The first-order valence-electron chi connectivity index (χ1n) is 5.40. The van der Waals surface area contributed by atoms with Gasteiger partial charge in [0, 0.05) is 6.07 Å². The van der Waals surface area contributed by atoms with Gasteiger partial charge in [-0.3, -0.25) is 5.73 Å². The van der Waals surface area contributed by atoms with Crippen LogP contribution >= 0.6 is 0 Å². The summed E-state index contributed by atoms with van der Waals surface area (Å²) in [6, 6.07) is 6.70. The number of hydrogen-bond donors (Lipinski definition) is 4. The normalized spacial score (nSPS) is 31.8. The van der Waals surface area contributed by atoms with Gasteiger partial charge in [0.25, 0.3) is 5.97 Å². The van der Waals surface area contributed by atoms with Gasteiger partial charge >= 0.3 is 0 Å². The number of para-hydroxylation sites is 2. The Morgan fingerprint density at radius 1 is 1.53 bits per heavy atom. The van der Waals surface area contributed by atoms with Gasteiger partial charge in [-0.25, -0.2) is 0 Å². The Kier molecular flexibility index (Phi) is 3.04. The zero-order valence-electron chi connectivity index (χ0n) is 9.51. The van der Waals surface area contributed by atoms with Crippen molar-refractivity contribution in [2.24, 2.45) is 5.73 Å². The number of aliphatic hydroxyl groups is 1. The number of benzene rings is 1. The van der Waals surface area contributed by atoms with Gasteiger partial charge in [-0.15, -0.1) is 0 Å². The van der Waals surface area contributed by atoms with Crippen LogP contribution in [0, 0.1) is 5.21 Å². The van der Waals surface area contributed by atoms with Crippen molar-refractivity contribution >= 4 is 11.4 Å². The number of nitrogens with one attached hydrogen (secondary N) is 2. The molecule has 7 heteroatoms. The Bertz CT molecular complexity index is 412. The van der Waals surface area contributed by atoms with Crippen molar-refractivity contribution < 1.29 is 9.94 Å². The summed E-state index contributed by atoms with van der Waals surface area (Å²) in [5.74, 6) is -2.01. The quantitative estimate of drug-likeness (QED) is 0.345. The van der Waals surface area contributed by atoms with Crippen molar-refractivity contribution in [1.29, 1.82) is 0 Å². The molecule has 0 aromatic heterocycles. The van der Waals surface area contributed by atoms with Crippen LogP contribution in [0.15, 0.2) is 24.3 Å². The van der Waals surface area contributed by atoms with Crippen molar-refractivity contribution in [1.82, 2.24) is 10.3 Å². The number of quaternary nitrogens is 1. The van der Waals surface area contributed by atoms with Crippen LogP contribution in [-0.2, 0) is 4.84 Å². The van der Waals surface area contributed by atoms with E-state index < -0.39 is 10.9 Å². The van der Waals surface area contributed by atoms with Crippen molar-refractivity contribution in [2.45, 2.75) is 19.3 Å². The molecule has 1 aliphatic heterocycles. The molecule has 7 nitrogen and oxygen atoms in total. The Balaban J connectivity index is 2.38. The van der Waals surface area contributed by atoms with Gasteiger partial charge in [0.1, 0.15) is 12.3 Å². The molecule has 0 aliphatic carbocycles. The van der Waals surface area contributed by atoms with Gasteiger partial charge in [-0.2, -0.15) is 4.84 Å². The summed E-state index contributed by atoms with van der Waals surface area (Å²) in [7, 11) is 0. The summed E-state index contributed by atoms with van der Waals surface area (Å²) < 4.78 is 0. The van der Waals surface area contributed by atoms with Crippen LogP contribution in [0.5, 0.6) is 0 Å². The zero-order valence-corrected chi connectivity index (χ0v) is 9.51. The molecule has 5 N–H and O–H groups in total. The molecule has 2 rings (SSSR count). The van der Waals surface area contributed by atoms with Gasteiger partial charge in [-0.1, -0.05) is 29.4 Å². The van der Waals surface area contributed by atoms with Crippen molar-refractivity contribution in [3.05, 3.63) is 29.5 Å². The molecule has 17 heavy (non-hydrogen) atoms.